The zero-order valence-electron chi connectivity index (χ0n) is 11.6. The molecule has 1 aromatic heterocycles. The van der Waals surface area contributed by atoms with Crippen molar-refractivity contribution in [2.75, 3.05) is 5.73 Å². The van der Waals surface area contributed by atoms with Crippen molar-refractivity contribution in [3.05, 3.63) is 60.2 Å². The standard InChI is InChI=1S/C17H15N3O/c1-11-6-8-12(9-7-11)14-10-15(20-17(18)19-14)13-4-2-3-5-16(13)21/h2-10,21H,1H3,(H2,18,19,20). The molecule has 1 heterocycles. The summed E-state index contributed by atoms with van der Waals surface area (Å²) in [5.41, 5.74) is 9.94. The Morgan fingerprint density at radius 1 is 0.905 bits per heavy atom. The first-order valence-corrected chi connectivity index (χ1v) is 6.63. The van der Waals surface area contributed by atoms with Gasteiger partial charge in [0.25, 0.3) is 0 Å². The van der Waals surface area contributed by atoms with Gasteiger partial charge in [-0.05, 0) is 25.1 Å². The van der Waals surface area contributed by atoms with Crippen molar-refractivity contribution in [2.45, 2.75) is 6.92 Å². The van der Waals surface area contributed by atoms with E-state index in [0.717, 1.165) is 11.3 Å². The molecule has 0 unspecified atom stereocenters. The summed E-state index contributed by atoms with van der Waals surface area (Å²) in [7, 11) is 0. The van der Waals surface area contributed by atoms with Crippen LogP contribution in [0.25, 0.3) is 22.5 Å². The molecule has 3 rings (SSSR count). The minimum atomic E-state index is 0.172. The minimum Gasteiger partial charge on any atom is -0.507 e. The number of nitrogens with two attached hydrogens (primary N) is 1. The van der Waals surface area contributed by atoms with Crippen molar-refractivity contribution in [1.29, 1.82) is 0 Å². The van der Waals surface area contributed by atoms with Gasteiger partial charge in [-0.25, -0.2) is 9.97 Å². The van der Waals surface area contributed by atoms with Crippen LogP contribution in [0.4, 0.5) is 5.95 Å². The molecule has 0 aliphatic heterocycles. The van der Waals surface area contributed by atoms with Crippen LogP contribution < -0.4 is 5.73 Å². The van der Waals surface area contributed by atoms with Gasteiger partial charge in [0.2, 0.25) is 5.95 Å². The fourth-order valence-electron chi connectivity index (χ4n) is 2.17. The summed E-state index contributed by atoms with van der Waals surface area (Å²) in [6.07, 6.45) is 0. The van der Waals surface area contributed by atoms with Gasteiger partial charge in [-0.1, -0.05) is 42.0 Å². The predicted molar refractivity (Wildman–Crippen MR) is 83.7 cm³/mol. The van der Waals surface area contributed by atoms with Gasteiger partial charge in [0, 0.05) is 11.1 Å². The van der Waals surface area contributed by atoms with Crippen LogP contribution in [0.3, 0.4) is 0 Å². The number of aryl methyl sites for hydroxylation is 1. The van der Waals surface area contributed by atoms with Crippen LogP contribution in [-0.2, 0) is 0 Å². The molecule has 0 spiro atoms. The normalized spacial score (nSPS) is 10.5. The molecule has 21 heavy (non-hydrogen) atoms. The maximum Gasteiger partial charge on any atom is 0.221 e. The first-order valence-electron chi connectivity index (χ1n) is 6.63. The Balaban J connectivity index is 2.13. The molecule has 2 aromatic carbocycles. The Morgan fingerprint density at radius 3 is 2.29 bits per heavy atom. The fourth-order valence-corrected chi connectivity index (χ4v) is 2.17. The van der Waals surface area contributed by atoms with Crippen molar-refractivity contribution < 1.29 is 5.11 Å². The van der Waals surface area contributed by atoms with Crippen molar-refractivity contribution in [3.8, 4) is 28.3 Å². The lowest BCUT2D eigenvalue weighted by atomic mass is 10.1. The molecule has 0 saturated carbocycles. The number of aromatic nitrogens is 2. The van der Waals surface area contributed by atoms with Crippen molar-refractivity contribution in [3.63, 3.8) is 0 Å². The Morgan fingerprint density at radius 2 is 1.57 bits per heavy atom. The van der Waals surface area contributed by atoms with Gasteiger partial charge in [0.15, 0.2) is 0 Å². The van der Waals surface area contributed by atoms with E-state index in [1.165, 1.54) is 5.56 Å². The highest BCUT2D eigenvalue weighted by Gasteiger charge is 2.09. The molecule has 0 bridgehead atoms. The summed E-state index contributed by atoms with van der Waals surface area (Å²) in [5.74, 6) is 0.358. The number of nitrogens with zero attached hydrogens (tertiary/aromatic N) is 2. The first kappa shape index (κ1) is 13.1. The summed E-state index contributed by atoms with van der Waals surface area (Å²) < 4.78 is 0. The highest BCUT2D eigenvalue weighted by atomic mass is 16.3. The van der Waals surface area contributed by atoms with Crippen LogP contribution in [0.15, 0.2) is 54.6 Å². The first-order chi connectivity index (χ1) is 10.1. The summed E-state index contributed by atoms with van der Waals surface area (Å²) in [6.45, 7) is 2.03. The van der Waals surface area contributed by atoms with E-state index in [1.807, 2.05) is 43.3 Å². The molecule has 4 heteroatoms. The lowest BCUT2D eigenvalue weighted by Crippen LogP contribution is -1.98. The molecule has 0 aliphatic carbocycles. The molecule has 0 aliphatic rings. The van der Waals surface area contributed by atoms with Gasteiger partial charge in [0.05, 0.1) is 11.4 Å². The van der Waals surface area contributed by atoms with Crippen LogP contribution >= 0.6 is 0 Å². The van der Waals surface area contributed by atoms with Gasteiger partial charge in [-0.15, -0.1) is 0 Å². The van der Waals surface area contributed by atoms with E-state index in [2.05, 4.69) is 9.97 Å². The number of para-hydroxylation sites is 1. The van der Waals surface area contributed by atoms with Gasteiger partial charge in [-0.2, -0.15) is 0 Å². The van der Waals surface area contributed by atoms with Gasteiger partial charge < -0.3 is 10.8 Å². The SMILES string of the molecule is Cc1ccc(-c2cc(-c3ccccc3O)nc(N)n2)cc1. The maximum atomic E-state index is 9.95. The minimum absolute atomic E-state index is 0.172. The molecule has 0 fully saturated rings. The number of phenolic OH excluding ortho intramolecular Hbond substituents is 1. The number of hydrogen-bond acceptors (Lipinski definition) is 4. The zero-order valence-corrected chi connectivity index (χ0v) is 11.6. The van der Waals surface area contributed by atoms with E-state index >= 15 is 0 Å². The highest BCUT2D eigenvalue weighted by molar-refractivity contribution is 5.72. The molecule has 3 aromatic rings. The number of nitrogen functional groups attached to an aromatic ring is 1. The third kappa shape index (κ3) is 2.69. The van der Waals surface area contributed by atoms with Crippen molar-refractivity contribution in [2.24, 2.45) is 0 Å². The third-order valence-corrected chi connectivity index (χ3v) is 3.27. The summed E-state index contributed by atoms with van der Waals surface area (Å²) in [4.78, 5) is 8.49. The molecular weight excluding hydrogens is 262 g/mol. The molecule has 0 atom stereocenters. The van der Waals surface area contributed by atoms with Gasteiger partial charge in [-0.3, -0.25) is 0 Å². The summed E-state index contributed by atoms with van der Waals surface area (Å²) in [6, 6.07) is 16.9. The molecule has 4 nitrogen and oxygen atoms in total. The van der Waals surface area contributed by atoms with E-state index in [9.17, 15) is 5.11 Å². The second-order valence-corrected chi connectivity index (χ2v) is 4.88. The Bertz CT molecular complexity index is 782. The Hall–Kier alpha value is -2.88. The molecule has 3 N–H and O–H groups in total. The van der Waals surface area contributed by atoms with E-state index in [0.29, 0.717) is 11.3 Å². The zero-order chi connectivity index (χ0) is 14.8. The van der Waals surface area contributed by atoms with E-state index in [-0.39, 0.29) is 11.7 Å². The van der Waals surface area contributed by atoms with Crippen LogP contribution in [0, 0.1) is 6.92 Å². The Labute approximate surface area is 122 Å². The highest BCUT2D eigenvalue weighted by Crippen LogP contribution is 2.30. The van der Waals surface area contributed by atoms with E-state index < -0.39 is 0 Å². The smallest absolute Gasteiger partial charge is 0.221 e. The summed E-state index contributed by atoms with van der Waals surface area (Å²) in [5, 5.41) is 9.95. The van der Waals surface area contributed by atoms with Crippen molar-refractivity contribution >= 4 is 5.95 Å². The monoisotopic (exact) mass is 277 g/mol. The molecule has 0 saturated heterocycles. The second kappa shape index (κ2) is 5.25. The molecule has 0 amide bonds. The number of hydrogen-bond donors (Lipinski definition) is 2. The predicted octanol–water partition coefficient (Wildman–Crippen LogP) is 3.41. The van der Waals surface area contributed by atoms with Crippen LogP contribution in [0.2, 0.25) is 0 Å². The number of aromatic hydroxyl groups is 1. The number of benzene rings is 2. The number of anilines is 1. The number of rotatable bonds is 2. The lowest BCUT2D eigenvalue weighted by Gasteiger charge is -2.08. The summed E-state index contributed by atoms with van der Waals surface area (Å²) >= 11 is 0. The van der Waals surface area contributed by atoms with Crippen LogP contribution in [-0.4, -0.2) is 15.1 Å². The van der Waals surface area contributed by atoms with Crippen LogP contribution in [0.5, 0.6) is 5.75 Å². The second-order valence-electron chi connectivity index (χ2n) is 4.88. The third-order valence-electron chi connectivity index (χ3n) is 3.27. The molecular formula is C17H15N3O. The average molecular weight is 277 g/mol. The van der Waals surface area contributed by atoms with E-state index in [1.54, 1.807) is 18.2 Å². The van der Waals surface area contributed by atoms with E-state index in [4.69, 9.17) is 5.73 Å². The largest absolute Gasteiger partial charge is 0.507 e. The Kier molecular flexibility index (Phi) is 3.28. The van der Waals surface area contributed by atoms with Crippen molar-refractivity contribution in [1.82, 2.24) is 9.97 Å². The lowest BCUT2D eigenvalue weighted by molar-refractivity contribution is 0.477. The molecule has 104 valence electrons. The quantitative estimate of drug-likeness (QED) is 0.753. The van der Waals surface area contributed by atoms with Crippen LogP contribution in [0.1, 0.15) is 5.56 Å². The maximum absolute atomic E-state index is 9.95. The van der Waals surface area contributed by atoms with Gasteiger partial charge >= 0.3 is 0 Å². The molecule has 0 radical (unpaired) electrons. The van der Waals surface area contributed by atoms with Gasteiger partial charge in [0.1, 0.15) is 5.75 Å². The number of phenols is 1. The fraction of sp³-hybridized carbons (Fsp3) is 0.0588. The average Bonchev–Trinajstić information content (AvgIpc) is 2.48. The topological polar surface area (TPSA) is 72.0 Å².